The van der Waals surface area contributed by atoms with Crippen LogP contribution in [-0.4, -0.2) is 118 Å². The second-order valence-corrected chi connectivity index (χ2v) is 19.0. The van der Waals surface area contributed by atoms with Gasteiger partial charge >= 0.3 is 12.1 Å². The third kappa shape index (κ3) is 10.1. The number of cyclic esters (lactones) is 1. The van der Waals surface area contributed by atoms with E-state index in [1.165, 1.54) is 7.11 Å². The molecule has 0 aliphatic carbocycles. The fraction of sp³-hybridized carbons (Fsp3) is 0.300. The van der Waals surface area contributed by atoms with E-state index in [0.29, 0.717) is 73.1 Å². The predicted molar refractivity (Wildman–Crippen MR) is 282 cm³/mol. The third-order valence-corrected chi connectivity index (χ3v) is 14.4. The first-order chi connectivity index (χ1) is 36.7. The van der Waals surface area contributed by atoms with Crippen LogP contribution in [0.4, 0.5) is 21.9 Å². The van der Waals surface area contributed by atoms with E-state index in [4.69, 9.17) is 23.7 Å². The molecule has 0 unspecified atom stereocenters. The lowest BCUT2D eigenvalue weighted by atomic mass is 9.65. The van der Waals surface area contributed by atoms with E-state index in [1.54, 1.807) is 48.5 Å². The van der Waals surface area contributed by atoms with E-state index in [-0.39, 0.29) is 32.1 Å². The molecule has 6 aromatic rings. The summed E-state index contributed by atoms with van der Waals surface area (Å²) in [5.41, 5.74) is 3.33. The maximum atomic E-state index is 16.6. The highest BCUT2D eigenvalue weighted by Gasteiger charge is 2.76. The van der Waals surface area contributed by atoms with E-state index in [1.807, 2.05) is 109 Å². The quantitative estimate of drug-likeness (QED) is 0.0594. The molecule has 4 heterocycles. The highest BCUT2D eigenvalue weighted by atomic mass is 16.6. The molecule has 6 atom stereocenters. The number of nitrogens with one attached hydrogen (secondary N) is 1. The molecule has 75 heavy (non-hydrogen) atoms. The van der Waals surface area contributed by atoms with Gasteiger partial charge in [0.25, 0.3) is 0 Å². The Morgan fingerprint density at radius 3 is 2.19 bits per heavy atom. The summed E-state index contributed by atoms with van der Waals surface area (Å²) in [6.07, 6.45) is -1.92. The average molecular weight is 1010 g/mol. The molecule has 3 fully saturated rings. The second-order valence-electron chi connectivity index (χ2n) is 19.0. The Labute approximate surface area is 436 Å². The van der Waals surface area contributed by atoms with E-state index in [0.717, 1.165) is 21.7 Å². The minimum atomic E-state index is -2.08. The van der Waals surface area contributed by atoms with E-state index >= 15 is 14.4 Å². The van der Waals surface area contributed by atoms with Gasteiger partial charge in [0, 0.05) is 43.7 Å². The van der Waals surface area contributed by atoms with Crippen molar-refractivity contribution in [1.29, 1.82) is 0 Å². The summed E-state index contributed by atoms with van der Waals surface area (Å²) in [5, 5.41) is 13.0. The van der Waals surface area contributed by atoms with Crippen molar-refractivity contribution < 1.29 is 48.0 Å². The molecule has 15 heteroatoms. The third-order valence-electron chi connectivity index (χ3n) is 14.4. The number of ether oxygens (including phenoxy) is 5. The highest BCUT2D eigenvalue weighted by molar-refractivity contribution is 6.24. The number of morpholine rings is 2. The molecule has 0 bridgehead atoms. The molecule has 3 amide bonds. The number of benzene rings is 6. The van der Waals surface area contributed by atoms with Crippen molar-refractivity contribution in [2.75, 3.05) is 88.5 Å². The number of hydrogen-bond donors (Lipinski definition) is 2. The van der Waals surface area contributed by atoms with E-state index in [2.05, 4.69) is 39.1 Å². The Bertz CT molecular complexity index is 3050. The molecule has 1 spiro atoms. The van der Waals surface area contributed by atoms with Crippen molar-refractivity contribution in [2.24, 2.45) is 5.92 Å². The standard InChI is InChI=1S/C60H59N5O10/c1-62(40-42-14-6-3-7-15-42)29-13-16-41-23-28-50-49(38-41)60(58(69)64(50)59(70)74-37-36-71-2)51(56(67)61-46-24-26-47(27-25-46)63-30-33-72-34-31-63)53-57(68)75-54(44-19-10-5-11-20-44)52(43-17-8-4-9-18-43)65(53)55(60)45-21-12-22-48(39-45)73-35-32-66/h3-12,14-15,17-28,38-39,51-55,66H,29-37,40H2,1-2H3,(H,61,67)/t51-,52-,53-,54+,55+,60-/m0/s1. The first-order valence-corrected chi connectivity index (χ1v) is 25.2. The lowest BCUT2D eigenvalue weighted by molar-refractivity contribution is -0.177. The number of hydrogen-bond acceptors (Lipinski definition) is 13. The Hall–Kier alpha value is -7.84. The lowest BCUT2D eigenvalue weighted by Gasteiger charge is -2.46. The van der Waals surface area contributed by atoms with Crippen LogP contribution in [0.2, 0.25) is 0 Å². The molecule has 15 nitrogen and oxygen atoms in total. The van der Waals surface area contributed by atoms with Gasteiger partial charge in [0.05, 0.1) is 56.7 Å². The number of anilines is 3. The van der Waals surface area contributed by atoms with Crippen LogP contribution in [0, 0.1) is 17.8 Å². The molecule has 384 valence electrons. The molecule has 4 aliphatic heterocycles. The number of imide groups is 1. The zero-order chi connectivity index (χ0) is 51.9. The summed E-state index contributed by atoms with van der Waals surface area (Å²) in [4.78, 5) is 70.2. The SMILES string of the molecule is COCCOC(=O)N1C(=O)[C@@]2(c3cc(C#CCN(C)Cc4ccccc4)ccc31)[C@H](C(=O)Nc1ccc(N3CCOCC3)cc1)[C@H]1C(=O)O[C@H](c3ccccc3)[C@H](c3ccccc3)N1[C@@H]2c1cccc(OCCO)c1. The normalized spacial score (nSPS) is 22.0. The summed E-state index contributed by atoms with van der Waals surface area (Å²) in [6, 6.07) is 45.3. The molecular weight excluding hydrogens is 951 g/mol. The van der Waals surface area contributed by atoms with Crippen molar-refractivity contribution in [3.63, 3.8) is 0 Å². The van der Waals surface area contributed by atoms with Gasteiger partial charge in [0.2, 0.25) is 11.8 Å². The van der Waals surface area contributed by atoms with Gasteiger partial charge in [-0.15, -0.1) is 0 Å². The Kier molecular flexibility index (Phi) is 15.4. The fourth-order valence-electron chi connectivity index (χ4n) is 11.2. The Morgan fingerprint density at radius 2 is 1.48 bits per heavy atom. The second kappa shape index (κ2) is 22.7. The zero-order valence-electron chi connectivity index (χ0n) is 41.9. The van der Waals surface area contributed by atoms with Crippen molar-refractivity contribution in [1.82, 2.24) is 9.80 Å². The van der Waals surface area contributed by atoms with Gasteiger partial charge in [0.15, 0.2) is 0 Å². The smallest absolute Gasteiger partial charge is 0.421 e. The number of amides is 3. The molecular formula is C60H59N5O10. The summed E-state index contributed by atoms with van der Waals surface area (Å²) in [6.45, 7) is 3.25. The van der Waals surface area contributed by atoms with Gasteiger partial charge < -0.3 is 39.0 Å². The van der Waals surface area contributed by atoms with Gasteiger partial charge in [-0.2, -0.15) is 0 Å². The minimum Gasteiger partial charge on any atom is -0.491 e. The first kappa shape index (κ1) is 50.7. The van der Waals surface area contributed by atoms with Gasteiger partial charge in [-0.1, -0.05) is 115 Å². The molecule has 4 aliphatic rings. The van der Waals surface area contributed by atoms with Gasteiger partial charge in [-0.25, -0.2) is 9.69 Å². The van der Waals surface area contributed by atoms with Crippen molar-refractivity contribution in [3.8, 4) is 17.6 Å². The topological polar surface area (TPSA) is 160 Å². The number of fused-ring (bicyclic) bond motifs is 3. The van der Waals surface area contributed by atoms with Crippen molar-refractivity contribution in [3.05, 3.63) is 191 Å². The largest absolute Gasteiger partial charge is 0.491 e. The van der Waals surface area contributed by atoms with Gasteiger partial charge in [-0.05, 0) is 89.5 Å². The minimum absolute atomic E-state index is 0.0264. The summed E-state index contributed by atoms with van der Waals surface area (Å²) >= 11 is 0. The fourth-order valence-corrected chi connectivity index (χ4v) is 11.2. The number of nitrogens with zero attached hydrogens (tertiary/aromatic N) is 4. The molecule has 0 radical (unpaired) electrons. The molecule has 2 N–H and O–H groups in total. The van der Waals surface area contributed by atoms with Crippen LogP contribution in [0.5, 0.6) is 5.75 Å². The van der Waals surface area contributed by atoms with Crippen molar-refractivity contribution in [2.45, 2.75) is 36.2 Å². The van der Waals surface area contributed by atoms with Crippen LogP contribution >= 0.6 is 0 Å². The number of aliphatic hydroxyl groups is 1. The number of aliphatic hydroxyl groups excluding tert-OH is 1. The molecule has 6 aromatic carbocycles. The number of esters is 1. The van der Waals surface area contributed by atoms with Crippen LogP contribution < -0.4 is 19.9 Å². The number of carbonyl (C=O) groups excluding carboxylic acids is 4. The van der Waals surface area contributed by atoms with E-state index < -0.39 is 59.4 Å². The molecule has 10 rings (SSSR count). The van der Waals surface area contributed by atoms with Crippen molar-refractivity contribution >= 4 is 40.9 Å². The maximum absolute atomic E-state index is 16.6. The van der Waals surface area contributed by atoms with Crippen LogP contribution in [0.1, 0.15) is 51.6 Å². The Morgan fingerprint density at radius 1 is 0.787 bits per heavy atom. The molecule has 0 saturated carbocycles. The Balaban J connectivity index is 1.20. The summed E-state index contributed by atoms with van der Waals surface area (Å²) in [5.74, 6) is 3.25. The van der Waals surface area contributed by atoms with Gasteiger partial charge in [-0.3, -0.25) is 24.2 Å². The average Bonchev–Trinajstić information content (AvgIpc) is 3.90. The molecule has 3 saturated heterocycles. The monoisotopic (exact) mass is 1010 g/mol. The number of carbonyl (C=O) groups is 4. The maximum Gasteiger partial charge on any atom is 0.421 e. The van der Waals surface area contributed by atoms with Gasteiger partial charge in [0.1, 0.15) is 36.5 Å². The number of rotatable bonds is 15. The number of methoxy groups -OCH3 is 1. The van der Waals surface area contributed by atoms with E-state index in [9.17, 15) is 9.90 Å². The zero-order valence-corrected chi connectivity index (χ0v) is 41.9. The molecule has 0 aromatic heterocycles. The lowest BCUT2D eigenvalue weighted by Crippen LogP contribution is -2.54. The summed E-state index contributed by atoms with van der Waals surface area (Å²) < 4.78 is 29.3. The van der Waals surface area contributed by atoms with Crippen LogP contribution in [0.3, 0.4) is 0 Å². The van der Waals surface area contributed by atoms with Crippen LogP contribution in [-0.2, 0) is 45.3 Å². The highest BCUT2D eigenvalue weighted by Crippen LogP contribution is 2.66. The summed E-state index contributed by atoms with van der Waals surface area (Å²) in [7, 11) is 3.45. The predicted octanol–water partition coefficient (Wildman–Crippen LogP) is 7.47. The van der Waals surface area contributed by atoms with Crippen LogP contribution in [0.15, 0.2) is 158 Å². The van der Waals surface area contributed by atoms with Crippen LogP contribution in [0.25, 0.3) is 0 Å². The first-order valence-electron chi connectivity index (χ1n) is 25.2.